The summed E-state index contributed by atoms with van der Waals surface area (Å²) in [4.78, 5) is 8.75. The number of allylic oxidation sites excluding steroid dienone is 7. The molecule has 0 saturated carbocycles. The molecular formula is C43H43N3O. The van der Waals surface area contributed by atoms with Crippen LogP contribution in [0.15, 0.2) is 126 Å². The number of para-hydroxylation sites is 1. The molecule has 0 bridgehead atoms. The first-order chi connectivity index (χ1) is 23.2. The third-order valence-corrected chi connectivity index (χ3v) is 12.3. The molecule has 1 saturated heterocycles. The second kappa shape index (κ2) is 11.0. The van der Waals surface area contributed by atoms with E-state index >= 15 is 0 Å². The van der Waals surface area contributed by atoms with Crippen molar-refractivity contribution < 1.29 is 4.74 Å². The van der Waals surface area contributed by atoms with Crippen LogP contribution < -0.4 is 10.1 Å². The standard InChI is InChI=1S/C43H43N3O/c1-26-22-23-38-35(31-17-8-10-21-37(31)47-38)25-34(26)40-39-32-18-7-6-16-30(32)33-19-11-15-29-24-28-14-5-9-20-36(28)46(41(29)33)43(39)45-42(44-40)27-12-3-2-4-13-27/h2-4,6-8,10-12,14-19,21-23,25-27,29,34,36,38-42,44H,5,9,13,20,24H2,1H3. The Kier molecular flexibility index (Phi) is 6.51. The van der Waals surface area contributed by atoms with Gasteiger partial charge in [0.2, 0.25) is 0 Å². The Hall–Kier alpha value is -4.15. The second-order valence-electron chi connectivity index (χ2n) is 14.8. The van der Waals surface area contributed by atoms with Gasteiger partial charge in [0, 0.05) is 29.0 Å². The number of benzene rings is 2. The van der Waals surface area contributed by atoms with Crippen molar-refractivity contribution in [3.63, 3.8) is 0 Å². The molecule has 4 heterocycles. The molecule has 1 fully saturated rings. The van der Waals surface area contributed by atoms with Crippen LogP contribution in [0.2, 0.25) is 0 Å². The molecule has 236 valence electrons. The molecule has 4 nitrogen and oxygen atoms in total. The molecule has 4 aliphatic heterocycles. The summed E-state index contributed by atoms with van der Waals surface area (Å²) in [7, 11) is 0. The van der Waals surface area contributed by atoms with Crippen molar-refractivity contribution in [3.8, 4) is 5.75 Å². The highest BCUT2D eigenvalue weighted by Gasteiger charge is 2.53. The maximum Gasteiger partial charge on any atom is 0.142 e. The van der Waals surface area contributed by atoms with Gasteiger partial charge < -0.3 is 9.64 Å². The van der Waals surface area contributed by atoms with Crippen molar-refractivity contribution in [2.75, 3.05) is 0 Å². The van der Waals surface area contributed by atoms with Gasteiger partial charge in [0.25, 0.3) is 0 Å². The molecule has 0 radical (unpaired) electrons. The van der Waals surface area contributed by atoms with Crippen LogP contribution in [0.25, 0.3) is 11.1 Å². The van der Waals surface area contributed by atoms with E-state index in [2.05, 4.69) is 133 Å². The van der Waals surface area contributed by atoms with Crippen LogP contribution in [0.1, 0.15) is 61.6 Å². The van der Waals surface area contributed by atoms with E-state index in [0.717, 1.165) is 12.2 Å². The molecule has 4 aliphatic carbocycles. The normalized spacial score (nSPS) is 37.3. The predicted molar refractivity (Wildman–Crippen MR) is 191 cm³/mol. The van der Waals surface area contributed by atoms with Crippen LogP contribution in [0.5, 0.6) is 5.75 Å². The minimum absolute atomic E-state index is 0.0152. The molecule has 2 aromatic rings. The number of amidine groups is 1. The summed E-state index contributed by atoms with van der Waals surface area (Å²) in [5, 5.41) is 4.28. The molecule has 2 aromatic carbocycles. The lowest BCUT2D eigenvalue weighted by molar-refractivity contribution is 0.177. The average Bonchev–Trinajstić information content (AvgIpc) is 3.31. The lowest BCUT2D eigenvalue weighted by Crippen LogP contribution is -2.62. The summed E-state index contributed by atoms with van der Waals surface area (Å²) >= 11 is 0. The third kappa shape index (κ3) is 4.33. The highest BCUT2D eigenvalue weighted by molar-refractivity contribution is 5.98. The molecule has 10 unspecified atom stereocenters. The Labute approximate surface area is 278 Å². The van der Waals surface area contributed by atoms with E-state index in [1.165, 1.54) is 59.4 Å². The first-order valence-corrected chi connectivity index (χ1v) is 18.0. The monoisotopic (exact) mass is 617 g/mol. The van der Waals surface area contributed by atoms with E-state index in [0.29, 0.717) is 29.8 Å². The minimum Gasteiger partial charge on any atom is -0.481 e. The Morgan fingerprint density at radius 3 is 2.68 bits per heavy atom. The van der Waals surface area contributed by atoms with Crippen LogP contribution >= 0.6 is 0 Å². The van der Waals surface area contributed by atoms with Crippen molar-refractivity contribution in [2.24, 2.45) is 28.7 Å². The maximum atomic E-state index is 6.51. The topological polar surface area (TPSA) is 36.9 Å². The van der Waals surface area contributed by atoms with Crippen LogP contribution in [-0.2, 0) is 0 Å². The summed E-state index contributed by atoms with van der Waals surface area (Å²) in [5.74, 6) is 3.82. The van der Waals surface area contributed by atoms with Crippen molar-refractivity contribution in [1.82, 2.24) is 10.2 Å². The van der Waals surface area contributed by atoms with Gasteiger partial charge in [-0.2, -0.15) is 0 Å². The van der Waals surface area contributed by atoms with Gasteiger partial charge in [-0.05, 0) is 72.8 Å². The number of ether oxygens (including phenoxy) is 1. The van der Waals surface area contributed by atoms with Gasteiger partial charge in [0.1, 0.15) is 23.9 Å². The number of piperidine rings is 1. The van der Waals surface area contributed by atoms with Gasteiger partial charge >= 0.3 is 0 Å². The highest BCUT2D eigenvalue weighted by Crippen LogP contribution is 2.52. The van der Waals surface area contributed by atoms with Gasteiger partial charge in [-0.1, -0.05) is 116 Å². The van der Waals surface area contributed by atoms with Crippen LogP contribution in [0.3, 0.4) is 0 Å². The van der Waals surface area contributed by atoms with Crippen molar-refractivity contribution in [2.45, 2.75) is 75.3 Å². The summed E-state index contributed by atoms with van der Waals surface area (Å²) in [5.41, 5.74) is 8.51. The molecular weight excluding hydrogens is 574 g/mol. The summed E-state index contributed by atoms with van der Waals surface area (Å²) in [6, 6.07) is 18.8. The number of hydrogen-bond donors (Lipinski definition) is 1. The van der Waals surface area contributed by atoms with Gasteiger partial charge in [0.05, 0.1) is 18.0 Å². The van der Waals surface area contributed by atoms with Gasteiger partial charge in [-0.3, -0.25) is 10.3 Å². The number of fused-ring (bicyclic) bond motifs is 10. The summed E-state index contributed by atoms with van der Waals surface area (Å²) in [6.45, 7) is 2.41. The molecule has 0 spiro atoms. The Morgan fingerprint density at radius 1 is 0.894 bits per heavy atom. The van der Waals surface area contributed by atoms with Crippen molar-refractivity contribution in [3.05, 3.63) is 138 Å². The molecule has 1 N–H and O–H groups in total. The fourth-order valence-corrected chi connectivity index (χ4v) is 10.1. The fourth-order valence-electron chi connectivity index (χ4n) is 10.1. The van der Waals surface area contributed by atoms with E-state index in [-0.39, 0.29) is 30.1 Å². The minimum atomic E-state index is -0.0305. The van der Waals surface area contributed by atoms with Crippen LogP contribution in [0, 0.1) is 23.7 Å². The largest absolute Gasteiger partial charge is 0.481 e. The first kappa shape index (κ1) is 27.9. The molecule has 0 amide bonds. The number of nitrogens with zero attached hydrogens (tertiary/aromatic N) is 2. The van der Waals surface area contributed by atoms with E-state index in [9.17, 15) is 0 Å². The Morgan fingerprint density at radius 2 is 1.77 bits per heavy atom. The SMILES string of the molecule is CC1C=CC2Oc3ccccc3C2=CC1C1NC(C2C=CC=CC2)N=C2C1c1ccccc1C1=CC=CC3CC4=CCCCC4N2C13. The smallest absolute Gasteiger partial charge is 0.142 e. The van der Waals surface area contributed by atoms with Gasteiger partial charge in [-0.25, -0.2) is 0 Å². The lowest BCUT2D eigenvalue weighted by atomic mass is 9.73. The van der Waals surface area contributed by atoms with Crippen molar-refractivity contribution in [1.29, 1.82) is 0 Å². The van der Waals surface area contributed by atoms with E-state index in [1.54, 1.807) is 5.57 Å². The molecule has 8 aliphatic rings. The Balaban J connectivity index is 1.20. The number of nitrogens with one attached hydrogen (secondary N) is 1. The number of aliphatic imine (C=N–C) groups is 1. The van der Waals surface area contributed by atoms with Crippen LogP contribution in [-0.4, -0.2) is 41.1 Å². The average molecular weight is 618 g/mol. The zero-order valence-corrected chi connectivity index (χ0v) is 27.1. The summed E-state index contributed by atoms with van der Waals surface area (Å²) < 4.78 is 6.51. The first-order valence-electron chi connectivity index (χ1n) is 18.0. The summed E-state index contributed by atoms with van der Waals surface area (Å²) in [6.07, 6.45) is 32.1. The van der Waals surface area contributed by atoms with Gasteiger partial charge in [-0.15, -0.1) is 0 Å². The fraction of sp³-hybridized carbons (Fsp3) is 0.372. The number of hydrogen-bond acceptors (Lipinski definition) is 4. The third-order valence-electron chi connectivity index (χ3n) is 12.3. The zero-order valence-electron chi connectivity index (χ0n) is 27.1. The molecule has 4 heteroatoms. The number of rotatable bonds is 2. The zero-order chi connectivity index (χ0) is 31.1. The van der Waals surface area contributed by atoms with Crippen molar-refractivity contribution >= 4 is 17.0 Å². The van der Waals surface area contributed by atoms with E-state index in [4.69, 9.17) is 9.73 Å². The molecule has 47 heavy (non-hydrogen) atoms. The maximum absolute atomic E-state index is 6.51. The molecule has 0 aromatic heterocycles. The molecule has 10 atom stereocenters. The van der Waals surface area contributed by atoms with E-state index in [1.807, 2.05) is 0 Å². The molecule has 10 rings (SSSR count). The van der Waals surface area contributed by atoms with Crippen LogP contribution in [0.4, 0.5) is 0 Å². The highest BCUT2D eigenvalue weighted by atomic mass is 16.5. The quantitative estimate of drug-likeness (QED) is 0.344. The predicted octanol–water partition coefficient (Wildman–Crippen LogP) is 8.40. The van der Waals surface area contributed by atoms with E-state index < -0.39 is 0 Å². The lowest BCUT2D eigenvalue weighted by Gasteiger charge is -2.53. The second-order valence-corrected chi connectivity index (χ2v) is 14.8. The van der Waals surface area contributed by atoms with Gasteiger partial charge in [0.15, 0.2) is 0 Å². The Bertz CT molecular complexity index is 1870.